The van der Waals surface area contributed by atoms with Crippen LogP contribution in [0.2, 0.25) is 0 Å². The summed E-state index contributed by atoms with van der Waals surface area (Å²) in [6, 6.07) is 18.1. The van der Waals surface area contributed by atoms with Crippen LogP contribution < -0.4 is 9.83 Å². The molecule has 0 aliphatic carbocycles. The molecule has 0 aromatic heterocycles. The van der Waals surface area contributed by atoms with Crippen molar-refractivity contribution < 1.29 is 13.6 Å². The second-order valence-corrected chi connectivity index (χ2v) is 6.83. The number of benzene rings is 2. The predicted molar refractivity (Wildman–Crippen MR) is 85.3 cm³/mol. The fraction of sp³-hybridized carbons (Fsp3) is 0.250. The third-order valence-electron chi connectivity index (χ3n) is 2.84. The van der Waals surface area contributed by atoms with Crippen LogP contribution in [0.4, 0.5) is 0 Å². The summed E-state index contributed by atoms with van der Waals surface area (Å²) < 4.78 is 24.4. The van der Waals surface area contributed by atoms with E-state index in [-0.39, 0.29) is 0 Å². The Morgan fingerprint density at radius 2 is 1.52 bits per heavy atom. The zero-order valence-corrected chi connectivity index (χ0v) is 13.2. The molecular weight excluding hydrogens is 285 g/mol. The summed E-state index contributed by atoms with van der Waals surface area (Å²) in [5.41, 5.74) is 0. The Kier molecular flexibility index (Phi) is 5.57. The van der Waals surface area contributed by atoms with Crippen molar-refractivity contribution in [2.75, 3.05) is 27.2 Å². The van der Waals surface area contributed by atoms with E-state index in [0.717, 1.165) is 0 Å². The summed E-state index contributed by atoms with van der Waals surface area (Å²) >= 11 is 0. The number of para-hydroxylation sites is 1. The van der Waals surface area contributed by atoms with Crippen LogP contribution in [0.1, 0.15) is 0 Å². The molecule has 0 N–H and O–H groups in total. The van der Waals surface area contributed by atoms with E-state index >= 15 is 0 Å². The highest BCUT2D eigenvalue weighted by Gasteiger charge is 2.29. The monoisotopic (exact) mass is 305 g/mol. The van der Waals surface area contributed by atoms with Crippen LogP contribution in [-0.4, -0.2) is 32.1 Å². The van der Waals surface area contributed by atoms with Gasteiger partial charge in [-0.25, -0.2) is 4.57 Å². The van der Waals surface area contributed by atoms with Crippen LogP contribution in [0.3, 0.4) is 0 Å². The number of rotatable bonds is 7. The Bertz CT molecular complexity index is 587. The molecule has 0 saturated heterocycles. The van der Waals surface area contributed by atoms with Gasteiger partial charge < -0.3 is 9.42 Å². The first-order valence-electron chi connectivity index (χ1n) is 6.80. The van der Waals surface area contributed by atoms with E-state index in [2.05, 4.69) is 0 Å². The van der Waals surface area contributed by atoms with E-state index in [1.807, 2.05) is 55.4 Å². The topological polar surface area (TPSA) is 38.8 Å². The molecule has 1 unspecified atom stereocenters. The van der Waals surface area contributed by atoms with Crippen molar-refractivity contribution in [2.45, 2.75) is 0 Å². The smallest absolute Gasteiger partial charge is 0.410 e. The van der Waals surface area contributed by atoms with Gasteiger partial charge in [-0.15, -0.1) is 0 Å². The van der Waals surface area contributed by atoms with Gasteiger partial charge in [0.15, 0.2) is 0 Å². The molecule has 0 heterocycles. The lowest BCUT2D eigenvalue weighted by Crippen LogP contribution is -2.20. The Labute approximate surface area is 125 Å². The molecule has 5 heteroatoms. The predicted octanol–water partition coefficient (Wildman–Crippen LogP) is 3.16. The van der Waals surface area contributed by atoms with Crippen molar-refractivity contribution in [3.8, 4) is 5.75 Å². The van der Waals surface area contributed by atoms with Crippen LogP contribution in [0.5, 0.6) is 5.75 Å². The van der Waals surface area contributed by atoms with Crippen LogP contribution in [0.25, 0.3) is 0 Å². The molecule has 0 bridgehead atoms. The Morgan fingerprint density at radius 1 is 0.952 bits per heavy atom. The summed E-state index contributed by atoms with van der Waals surface area (Å²) in [5, 5.41) is 0.563. The van der Waals surface area contributed by atoms with Gasteiger partial charge in [0, 0.05) is 6.54 Å². The molecule has 2 aromatic carbocycles. The largest absolute Gasteiger partial charge is 0.421 e. The third-order valence-corrected chi connectivity index (χ3v) is 4.75. The maximum atomic E-state index is 13.1. The molecule has 0 amide bonds. The summed E-state index contributed by atoms with van der Waals surface area (Å²) in [6.45, 7) is 1.01. The highest BCUT2D eigenvalue weighted by atomic mass is 31.2. The molecule has 0 aliphatic heterocycles. The van der Waals surface area contributed by atoms with Gasteiger partial charge in [0.25, 0.3) is 0 Å². The first-order chi connectivity index (χ1) is 10.1. The quantitative estimate of drug-likeness (QED) is 0.737. The minimum atomic E-state index is -3.38. The third kappa shape index (κ3) is 4.71. The normalized spacial score (nSPS) is 13.9. The van der Waals surface area contributed by atoms with Gasteiger partial charge in [-0.1, -0.05) is 36.4 Å². The minimum Gasteiger partial charge on any atom is -0.421 e. The second kappa shape index (κ2) is 7.41. The van der Waals surface area contributed by atoms with Gasteiger partial charge >= 0.3 is 7.60 Å². The molecule has 0 spiro atoms. The molecule has 1 atom stereocenters. The van der Waals surface area contributed by atoms with Gasteiger partial charge in [0.05, 0.1) is 11.9 Å². The maximum Gasteiger partial charge on any atom is 0.410 e. The van der Waals surface area contributed by atoms with E-state index in [1.165, 1.54) is 0 Å². The first kappa shape index (κ1) is 15.8. The van der Waals surface area contributed by atoms with E-state index < -0.39 is 7.60 Å². The molecule has 112 valence electrons. The standard InChI is InChI=1S/C16H20NO3P/c1-17(2)13-14-19-21(18,16-11-7-4-8-12-16)20-15-9-5-3-6-10-15/h3-12H,13-14H2,1-2H3. The zero-order valence-electron chi connectivity index (χ0n) is 12.3. The molecule has 2 rings (SSSR count). The fourth-order valence-electron chi connectivity index (χ4n) is 1.73. The number of nitrogens with zero attached hydrogens (tertiary/aromatic N) is 1. The van der Waals surface area contributed by atoms with Crippen molar-refractivity contribution >= 4 is 12.9 Å². The SMILES string of the molecule is CN(C)CCOP(=O)(Oc1ccccc1)c1ccccc1. The minimum absolute atomic E-state index is 0.339. The van der Waals surface area contributed by atoms with Crippen LogP contribution in [-0.2, 0) is 9.09 Å². The summed E-state index contributed by atoms with van der Waals surface area (Å²) in [7, 11) is 0.502. The lowest BCUT2D eigenvalue weighted by atomic mass is 10.3. The first-order valence-corrected chi connectivity index (χ1v) is 8.34. The summed E-state index contributed by atoms with van der Waals surface area (Å²) in [4.78, 5) is 1.97. The van der Waals surface area contributed by atoms with Crippen molar-refractivity contribution in [3.63, 3.8) is 0 Å². The van der Waals surface area contributed by atoms with Crippen LogP contribution in [0.15, 0.2) is 60.7 Å². The maximum absolute atomic E-state index is 13.1. The molecule has 0 radical (unpaired) electrons. The highest BCUT2D eigenvalue weighted by Crippen LogP contribution is 2.47. The number of hydrogen-bond donors (Lipinski definition) is 0. The molecule has 0 aliphatic rings. The number of hydrogen-bond acceptors (Lipinski definition) is 4. The Hall–Kier alpha value is -1.61. The molecular formula is C16H20NO3P. The second-order valence-electron chi connectivity index (χ2n) is 4.87. The lowest BCUT2D eigenvalue weighted by molar-refractivity contribution is 0.238. The average Bonchev–Trinajstić information content (AvgIpc) is 2.49. The molecule has 0 saturated carbocycles. The molecule has 2 aromatic rings. The summed E-state index contributed by atoms with van der Waals surface area (Å²) in [5.74, 6) is 0.537. The summed E-state index contributed by atoms with van der Waals surface area (Å²) in [6.07, 6.45) is 0. The molecule has 21 heavy (non-hydrogen) atoms. The van der Waals surface area contributed by atoms with Crippen LogP contribution >= 0.6 is 7.60 Å². The zero-order chi connectivity index (χ0) is 15.1. The average molecular weight is 305 g/mol. The Balaban J connectivity index is 2.20. The molecule has 4 nitrogen and oxygen atoms in total. The van der Waals surface area contributed by atoms with E-state index in [9.17, 15) is 4.57 Å². The van der Waals surface area contributed by atoms with Gasteiger partial charge in [-0.2, -0.15) is 0 Å². The Morgan fingerprint density at radius 3 is 2.10 bits per heavy atom. The van der Waals surface area contributed by atoms with Crippen molar-refractivity contribution in [2.24, 2.45) is 0 Å². The van der Waals surface area contributed by atoms with Gasteiger partial charge in [-0.3, -0.25) is 4.52 Å². The number of likely N-dealkylation sites (N-methyl/N-ethyl adjacent to an activating group) is 1. The van der Waals surface area contributed by atoms with Gasteiger partial charge in [-0.05, 0) is 38.4 Å². The van der Waals surface area contributed by atoms with Crippen molar-refractivity contribution in [1.82, 2.24) is 4.90 Å². The van der Waals surface area contributed by atoms with Crippen LogP contribution in [0, 0.1) is 0 Å². The fourth-order valence-corrected chi connectivity index (χ4v) is 3.29. The molecule has 0 fully saturated rings. The highest BCUT2D eigenvalue weighted by molar-refractivity contribution is 7.62. The van der Waals surface area contributed by atoms with E-state index in [4.69, 9.17) is 9.05 Å². The van der Waals surface area contributed by atoms with Gasteiger partial charge in [0.1, 0.15) is 5.75 Å². The van der Waals surface area contributed by atoms with Crippen molar-refractivity contribution in [1.29, 1.82) is 0 Å². The van der Waals surface area contributed by atoms with Crippen molar-refractivity contribution in [3.05, 3.63) is 60.7 Å². The van der Waals surface area contributed by atoms with E-state index in [0.29, 0.717) is 24.2 Å². The lowest BCUT2D eigenvalue weighted by Gasteiger charge is -2.20. The van der Waals surface area contributed by atoms with E-state index in [1.54, 1.807) is 24.3 Å². The van der Waals surface area contributed by atoms with Gasteiger partial charge in [0.2, 0.25) is 0 Å².